The quantitative estimate of drug-likeness (QED) is 0.703. The van der Waals surface area contributed by atoms with E-state index in [-0.39, 0.29) is 24.7 Å². The number of nitrogens with zero attached hydrogens (tertiary/aromatic N) is 3. The Morgan fingerprint density at radius 1 is 1.39 bits per heavy atom. The average molecular weight is 392 g/mol. The van der Waals surface area contributed by atoms with E-state index in [9.17, 15) is 14.3 Å². The Morgan fingerprint density at radius 2 is 2.18 bits per heavy atom. The molecule has 2 aromatic rings. The molecule has 0 unspecified atom stereocenters. The minimum absolute atomic E-state index is 0.0359. The van der Waals surface area contributed by atoms with Gasteiger partial charge in [-0.15, -0.1) is 5.10 Å². The standard InChI is InChI=1S/C19H25FN4O4/c1-27-12-15-10-24(23-22-15)9-8-16-6-7-17(18(11-25)28-16)21-19(26)13-2-4-14(20)5-3-13/h2-5,10,16-18,25H,6-9,11-12H2,1H3,(H,21,26)/t16-,17-,18-/m0/s1. The fourth-order valence-corrected chi connectivity index (χ4v) is 3.30. The SMILES string of the molecule is COCc1cn(CC[C@@H]2CC[C@H](NC(=O)c3ccc(F)cc3)[C@H](CO)O2)nn1. The normalized spacial score (nSPS) is 22.2. The van der Waals surface area contributed by atoms with Crippen LogP contribution in [0.25, 0.3) is 0 Å². The lowest BCUT2D eigenvalue weighted by Crippen LogP contribution is -2.51. The van der Waals surface area contributed by atoms with Crippen molar-refractivity contribution in [2.45, 2.75) is 50.7 Å². The number of hydrogen-bond acceptors (Lipinski definition) is 6. The molecule has 1 amide bonds. The molecule has 3 atom stereocenters. The smallest absolute Gasteiger partial charge is 0.251 e. The van der Waals surface area contributed by atoms with Gasteiger partial charge >= 0.3 is 0 Å². The van der Waals surface area contributed by atoms with Gasteiger partial charge in [0.15, 0.2) is 0 Å². The van der Waals surface area contributed by atoms with Crippen LogP contribution >= 0.6 is 0 Å². The number of nitrogens with one attached hydrogen (secondary N) is 1. The van der Waals surface area contributed by atoms with E-state index < -0.39 is 11.9 Å². The highest BCUT2D eigenvalue weighted by molar-refractivity contribution is 5.94. The number of aromatic nitrogens is 3. The lowest BCUT2D eigenvalue weighted by atomic mass is 9.96. The highest BCUT2D eigenvalue weighted by Gasteiger charge is 2.32. The number of amides is 1. The Hall–Kier alpha value is -2.36. The first-order valence-corrected chi connectivity index (χ1v) is 9.29. The molecule has 1 aromatic heterocycles. The maximum atomic E-state index is 13.0. The van der Waals surface area contributed by atoms with Gasteiger partial charge in [-0.1, -0.05) is 5.21 Å². The van der Waals surface area contributed by atoms with Crippen molar-refractivity contribution in [1.29, 1.82) is 0 Å². The van der Waals surface area contributed by atoms with E-state index >= 15 is 0 Å². The number of carbonyl (C=O) groups excluding carboxylic acids is 1. The number of carbonyl (C=O) groups is 1. The molecule has 3 rings (SSSR count). The van der Waals surface area contributed by atoms with E-state index in [0.29, 0.717) is 25.1 Å². The van der Waals surface area contributed by atoms with Crippen LogP contribution in [-0.2, 0) is 22.6 Å². The van der Waals surface area contributed by atoms with Crippen LogP contribution in [0.15, 0.2) is 30.5 Å². The number of aliphatic hydroxyl groups is 1. The molecule has 28 heavy (non-hydrogen) atoms. The molecule has 0 spiro atoms. The summed E-state index contributed by atoms with van der Waals surface area (Å²) in [5, 5.41) is 20.6. The third-order valence-corrected chi connectivity index (χ3v) is 4.78. The third-order valence-electron chi connectivity index (χ3n) is 4.78. The Morgan fingerprint density at radius 3 is 2.89 bits per heavy atom. The van der Waals surface area contributed by atoms with Gasteiger partial charge in [-0.2, -0.15) is 0 Å². The van der Waals surface area contributed by atoms with Gasteiger partial charge in [0.05, 0.1) is 31.6 Å². The number of halogens is 1. The van der Waals surface area contributed by atoms with Gasteiger partial charge in [-0.3, -0.25) is 9.48 Å². The summed E-state index contributed by atoms with van der Waals surface area (Å²) < 4.78 is 25.7. The lowest BCUT2D eigenvalue weighted by molar-refractivity contribution is -0.0912. The van der Waals surface area contributed by atoms with Crippen molar-refractivity contribution in [3.63, 3.8) is 0 Å². The van der Waals surface area contributed by atoms with Crippen LogP contribution < -0.4 is 5.32 Å². The molecule has 0 aliphatic carbocycles. The van der Waals surface area contributed by atoms with Crippen molar-refractivity contribution in [1.82, 2.24) is 20.3 Å². The summed E-state index contributed by atoms with van der Waals surface area (Å²) in [6.07, 6.45) is 3.49. The number of ether oxygens (including phenoxy) is 2. The lowest BCUT2D eigenvalue weighted by Gasteiger charge is -2.36. The van der Waals surface area contributed by atoms with E-state index in [2.05, 4.69) is 15.6 Å². The molecule has 1 saturated heterocycles. The van der Waals surface area contributed by atoms with Crippen LogP contribution in [0.3, 0.4) is 0 Å². The van der Waals surface area contributed by atoms with Crippen LogP contribution in [0.4, 0.5) is 4.39 Å². The van der Waals surface area contributed by atoms with Gasteiger partial charge in [0.25, 0.3) is 5.91 Å². The second-order valence-electron chi connectivity index (χ2n) is 6.84. The molecule has 152 valence electrons. The molecule has 0 bridgehead atoms. The van der Waals surface area contributed by atoms with E-state index in [4.69, 9.17) is 9.47 Å². The summed E-state index contributed by atoms with van der Waals surface area (Å²) in [6.45, 7) is 0.875. The summed E-state index contributed by atoms with van der Waals surface area (Å²) in [5.74, 6) is -0.700. The molecule has 1 aliphatic rings. The Kier molecular flexibility index (Phi) is 7.07. The molecule has 2 heterocycles. The van der Waals surface area contributed by atoms with Gasteiger partial charge in [-0.05, 0) is 43.5 Å². The number of hydrogen-bond donors (Lipinski definition) is 2. The highest BCUT2D eigenvalue weighted by Crippen LogP contribution is 2.22. The molecular weight excluding hydrogens is 367 g/mol. The largest absolute Gasteiger partial charge is 0.394 e. The number of aliphatic hydroxyl groups excluding tert-OH is 1. The first-order chi connectivity index (χ1) is 13.6. The van der Waals surface area contributed by atoms with E-state index in [1.807, 2.05) is 6.20 Å². The summed E-state index contributed by atoms with van der Waals surface area (Å²) in [4.78, 5) is 12.3. The van der Waals surface area contributed by atoms with Crippen LogP contribution in [-0.4, -0.2) is 58.0 Å². The first kappa shape index (κ1) is 20.4. The maximum absolute atomic E-state index is 13.0. The summed E-state index contributed by atoms with van der Waals surface area (Å²) in [7, 11) is 1.61. The van der Waals surface area contributed by atoms with E-state index in [1.165, 1.54) is 24.3 Å². The fourth-order valence-electron chi connectivity index (χ4n) is 3.30. The zero-order valence-electron chi connectivity index (χ0n) is 15.8. The zero-order chi connectivity index (χ0) is 19.9. The third kappa shape index (κ3) is 5.34. The molecule has 0 radical (unpaired) electrons. The highest BCUT2D eigenvalue weighted by atomic mass is 19.1. The van der Waals surface area contributed by atoms with Crippen LogP contribution in [0, 0.1) is 5.82 Å². The molecule has 9 heteroatoms. The molecule has 1 fully saturated rings. The maximum Gasteiger partial charge on any atom is 0.251 e. The van der Waals surface area contributed by atoms with Crippen molar-refractivity contribution in [2.75, 3.05) is 13.7 Å². The van der Waals surface area contributed by atoms with Gasteiger partial charge in [0, 0.05) is 19.2 Å². The fraction of sp³-hybridized carbons (Fsp3) is 0.526. The van der Waals surface area contributed by atoms with Crippen molar-refractivity contribution in [3.8, 4) is 0 Å². The molecule has 0 saturated carbocycles. The summed E-state index contributed by atoms with van der Waals surface area (Å²) in [6, 6.07) is 5.06. The Labute approximate surface area is 162 Å². The first-order valence-electron chi connectivity index (χ1n) is 9.29. The van der Waals surface area contributed by atoms with Gasteiger partial charge in [0.2, 0.25) is 0 Å². The monoisotopic (exact) mass is 392 g/mol. The molecule has 1 aromatic carbocycles. The average Bonchev–Trinajstić information content (AvgIpc) is 3.15. The minimum atomic E-state index is -0.483. The summed E-state index contributed by atoms with van der Waals surface area (Å²) >= 11 is 0. The predicted octanol–water partition coefficient (Wildman–Crippen LogP) is 1.29. The van der Waals surface area contributed by atoms with E-state index in [1.54, 1.807) is 11.8 Å². The van der Waals surface area contributed by atoms with Crippen molar-refractivity contribution >= 4 is 5.91 Å². The molecule has 1 aliphatic heterocycles. The van der Waals surface area contributed by atoms with Crippen molar-refractivity contribution in [2.24, 2.45) is 0 Å². The van der Waals surface area contributed by atoms with Crippen LogP contribution in [0.1, 0.15) is 35.3 Å². The number of rotatable bonds is 8. The van der Waals surface area contributed by atoms with Crippen LogP contribution in [0.5, 0.6) is 0 Å². The summed E-state index contributed by atoms with van der Waals surface area (Å²) in [5.41, 5.74) is 1.14. The van der Waals surface area contributed by atoms with Gasteiger partial charge < -0.3 is 19.9 Å². The zero-order valence-corrected chi connectivity index (χ0v) is 15.8. The van der Waals surface area contributed by atoms with Gasteiger partial charge in [-0.25, -0.2) is 4.39 Å². The Bertz CT molecular complexity index is 768. The topological polar surface area (TPSA) is 98.5 Å². The number of aryl methyl sites for hydroxylation is 1. The predicted molar refractivity (Wildman–Crippen MR) is 98.0 cm³/mol. The van der Waals surface area contributed by atoms with Crippen molar-refractivity contribution in [3.05, 3.63) is 47.5 Å². The second-order valence-corrected chi connectivity index (χ2v) is 6.84. The number of methoxy groups -OCH3 is 1. The van der Waals surface area contributed by atoms with E-state index in [0.717, 1.165) is 18.5 Å². The second kappa shape index (κ2) is 9.72. The molecule has 2 N–H and O–H groups in total. The minimum Gasteiger partial charge on any atom is -0.394 e. The van der Waals surface area contributed by atoms with Crippen LogP contribution in [0.2, 0.25) is 0 Å². The van der Waals surface area contributed by atoms with Crippen molar-refractivity contribution < 1.29 is 23.8 Å². The Balaban J connectivity index is 1.49. The molecular formula is C19H25FN4O4. The number of benzene rings is 1. The van der Waals surface area contributed by atoms with Gasteiger partial charge in [0.1, 0.15) is 17.6 Å². The molecule has 8 nitrogen and oxygen atoms in total.